The van der Waals surface area contributed by atoms with E-state index >= 15 is 0 Å². The summed E-state index contributed by atoms with van der Waals surface area (Å²) in [4.78, 5) is 5.56. The Labute approximate surface area is 261 Å². The fourth-order valence-corrected chi connectivity index (χ4v) is 10.5. The minimum absolute atomic E-state index is 0.0377. The van der Waals surface area contributed by atoms with Gasteiger partial charge in [0.2, 0.25) is 0 Å². The SMILES string of the molecule is CC(C)(C)c1ccc2c(n1)C1(CCCCC1)c1cc3ccc4c5c(cc6ccc(c1-2)c3c64)C1(CCCCC1)c1ccccc1-5. The number of rotatable bonds is 0. The Morgan fingerprint density at radius 3 is 1.75 bits per heavy atom. The zero-order valence-electron chi connectivity index (χ0n) is 26.4. The van der Waals surface area contributed by atoms with Crippen molar-refractivity contribution < 1.29 is 0 Å². The molecule has 0 unspecified atom stereocenters. The molecule has 1 heterocycles. The highest BCUT2D eigenvalue weighted by Gasteiger charge is 2.47. The summed E-state index contributed by atoms with van der Waals surface area (Å²) in [6.07, 6.45) is 12.9. The summed E-state index contributed by atoms with van der Waals surface area (Å²) in [5.41, 5.74) is 13.4. The van der Waals surface area contributed by atoms with E-state index in [1.807, 2.05) is 0 Å². The van der Waals surface area contributed by atoms with Gasteiger partial charge in [0.15, 0.2) is 0 Å². The third kappa shape index (κ3) is 3.04. The smallest absolute Gasteiger partial charge is 0.0591 e. The van der Waals surface area contributed by atoms with Crippen LogP contribution in [0.4, 0.5) is 0 Å². The molecule has 5 aromatic carbocycles. The molecule has 0 aliphatic heterocycles. The minimum Gasteiger partial charge on any atom is -0.256 e. The lowest BCUT2D eigenvalue weighted by Gasteiger charge is -2.36. The van der Waals surface area contributed by atoms with Crippen LogP contribution < -0.4 is 0 Å². The first-order valence-electron chi connectivity index (χ1n) is 17.3. The van der Waals surface area contributed by atoms with Crippen LogP contribution in [0.2, 0.25) is 0 Å². The summed E-state index contributed by atoms with van der Waals surface area (Å²) in [6, 6.07) is 29.2. The molecule has 218 valence electrons. The first-order valence-corrected chi connectivity index (χ1v) is 17.3. The van der Waals surface area contributed by atoms with Gasteiger partial charge in [-0.25, -0.2) is 0 Å². The Hall–Kier alpha value is -3.71. The van der Waals surface area contributed by atoms with Crippen molar-refractivity contribution in [1.82, 2.24) is 4.98 Å². The van der Waals surface area contributed by atoms with Gasteiger partial charge in [0, 0.05) is 27.5 Å². The van der Waals surface area contributed by atoms with Crippen LogP contribution >= 0.6 is 0 Å². The van der Waals surface area contributed by atoms with Gasteiger partial charge < -0.3 is 0 Å². The van der Waals surface area contributed by atoms with Crippen molar-refractivity contribution in [2.45, 2.75) is 101 Å². The molecule has 1 aromatic heterocycles. The minimum atomic E-state index is 0.0377. The van der Waals surface area contributed by atoms with Gasteiger partial charge in [-0.05, 0) is 110 Å². The highest BCUT2D eigenvalue weighted by molar-refractivity contribution is 6.29. The zero-order chi connectivity index (χ0) is 29.4. The summed E-state index contributed by atoms with van der Waals surface area (Å²) in [6.45, 7) is 6.92. The lowest BCUT2D eigenvalue weighted by atomic mass is 9.67. The molecule has 0 atom stereocenters. The second-order valence-electron chi connectivity index (χ2n) is 15.7. The largest absolute Gasteiger partial charge is 0.256 e. The Morgan fingerprint density at radius 1 is 0.545 bits per heavy atom. The van der Waals surface area contributed by atoms with Crippen molar-refractivity contribution in [3.8, 4) is 22.3 Å². The van der Waals surface area contributed by atoms with Crippen molar-refractivity contribution in [3.05, 3.63) is 101 Å². The predicted octanol–water partition coefficient (Wildman–Crippen LogP) is 11.7. The van der Waals surface area contributed by atoms with Gasteiger partial charge in [-0.15, -0.1) is 0 Å². The van der Waals surface area contributed by atoms with E-state index in [1.54, 1.807) is 16.7 Å². The lowest BCUT2D eigenvalue weighted by molar-refractivity contribution is 0.344. The van der Waals surface area contributed by atoms with E-state index in [4.69, 9.17) is 4.98 Å². The molecule has 1 nitrogen and oxygen atoms in total. The Morgan fingerprint density at radius 2 is 1.11 bits per heavy atom. The van der Waals surface area contributed by atoms with Crippen LogP contribution in [0.1, 0.15) is 113 Å². The quantitative estimate of drug-likeness (QED) is 0.165. The van der Waals surface area contributed by atoms with Crippen LogP contribution in [-0.4, -0.2) is 4.98 Å². The van der Waals surface area contributed by atoms with Crippen molar-refractivity contribution >= 4 is 32.3 Å². The van der Waals surface area contributed by atoms with Gasteiger partial charge in [-0.3, -0.25) is 4.98 Å². The lowest BCUT2D eigenvalue weighted by Crippen LogP contribution is -2.30. The topological polar surface area (TPSA) is 12.9 Å². The van der Waals surface area contributed by atoms with Crippen LogP contribution in [0.15, 0.2) is 72.8 Å². The Kier molecular flexibility index (Phi) is 4.95. The monoisotopic (exact) mass is 571 g/mol. The Bertz CT molecular complexity index is 2160. The number of hydrogen-bond donors (Lipinski definition) is 0. The highest BCUT2D eigenvalue weighted by atomic mass is 14.8. The maximum absolute atomic E-state index is 5.56. The molecule has 2 spiro atoms. The maximum Gasteiger partial charge on any atom is 0.0591 e. The van der Waals surface area contributed by atoms with Gasteiger partial charge in [0.1, 0.15) is 0 Å². The molecule has 10 rings (SSSR count). The van der Waals surface area contributed by atoms with E-state index in [0.717, 1.165) is 0 Å². The first-order chi connectivity index (χ1) is 21.4. The molecule has 4 aliphatic carbocycles. The number of nitrogens with zero attached hydrogens (tertiary/aromatic N) is 1. The number of fused-ring (bicyclic) bond motifs is 12. The first kappa shape index (κ1) is 25.6. The third-order valence-corrected chi connectivity index (χ3v) is 12.4. The average Bonchev–Trinajstić information content (AvgIpc) is 3.46. The molecular formula is C43H41N. The molecule has 0 saturated heterocycles. The van der Waals surface area contributed by atoms with E-state index in [2.05, 4.69) is 93.6 Å². The van der Waals surface area contributed by atoms with E-state index < -0.39 is 0 Å². The molecule has 1 heteroatoms. The van der Waals surface area contributed by atoms with Crippen molar-refractivity contribution in [2.75, 3.05) is 0 Å². The van der Waals surface area contributed by atoms with Crippen LogP contribution in [0.25, 0.3) is 54.6 Å². The van der Waals surface area contributed by atoms with Gasteiger partial charge in [0.05, 0.1) is 5.69 Å². The van der Waals surface area contributed by atoms with Crippen LogP contribution in [0.5, 0.6) is 0 Å². The van der Waals surface area contributed by atoms with Crippen LogP contribution in [0, 0.1) is 0 Å². The predicted molar refractivity (Wildman–Crippen MR) is 185 cm³/mol. The van der Waals surface area contributed by atoms with Crippen molar-refractivity contribution in [2.24, 2.45) is 0 Å². The van der Waals surface area contributed by atoms with E-state index in [0.29, 0.717) is 0 Å². The Balaban J connectivity index is 1.31. The number of benzene rings is 5. The van der Waals surface area contributed by atoms with E-state index in [9.17, 15) is 0 Å². The standard InChI is InChI=1S/C43H41N/c1-41(2,3)35-19-18-31-39-30-17-15-26-24-33-38(28-12-6-7-13-32(28)42(33)20-8-4-9-21-42)29-16-14-27(37(30)36(26)29)25-34(39)43(40(31)44-35)22-10-5-11-23-43/h6-7,12-19,24-25H,4-5,8-11,20-23H2,1-3H3. The molecule has 0 amide bonds. The maximum atomic E-state index is 5.56. The van der Waals surface area contributed by atoms with Gasteiger partial charge in [-0.1, -0.05) is 114 Å². The molecule has 44 heavy (non-hydrogen) atoms. The molecular weight excluding hydrogens is 530 g/mol. The zero-order valence-corrected chi connectivity index (χ0v) is 26.4. The second-order valence-corrected chi connectivity index (χ2v) is 15.7. The number of aromatic nitrogens is 1. The summed E-state index contributed by atoms with van der Waals surface area (Å²) < 4.78 is 0. The van der Waals surface area contributed by atoms with Crippen molar-refractivity contribution in [1.29, 1.82) is 0 Å². The molecule has 2 saturated carbocycles. The highest BCUT2D eigenvalue weighted by Crippen LogP contribution is 2.61. The van der Waals surface area contributed by atoms with Crippen LogP contribution in [0.3, 0.4) is 0 Å². The molecule has 0 bridgehead atoms. The van der Waals surface area contributed by atoms with E-state index in [-0.39, 0.29) is 16.2 Å². The summed E-state index contributed by atoms with van der Waals surface area (Å²) in [5.74, 6) is 0. The summed E-state index contributed by atoms with van der Waals surface area (Å²) in [7, 11) is 0. The number of pyridine rings is 1. The third-order valence-electron chi connectivity index (χ3n) is 12.4. The average molecular weight is 572 g/mol. The fourth-order valence-electron chi connectivity index (χ4n) is 10.5. The fraction of sp³-hybridized carbons (Fsp3) is 0.372. The van der Waals surface area contributed by atoms with Gasteiger partial charge in [-0.2, -0.15) is 0 Å². The van der Waals surface area contributed by atoms with Crippen LogP contribution in [-0.2, 0) is 16.2 Å². The summed E-state index contributed by atoms with van der Waals surface area (Å²) >= 11 is 0. The molecule has 6 aromatic rings. The van der Waals surface area contributed by atoms with Crippen molar-refractivity contribution in [3.63, 3.8) is 0 Å². The molecule has 0 radical (unpaired) electrons. The van der Waals surface area contributed by atoms with Gasteiger partial charge >= 0.3 is 0 Å². The molecule has 4 aliphatic rings. The second kappa shape index (κ2) is 8.51. The van der Waals surface area contributed by atoms with Gasteiger partial charge in [0.25, 0.3) is 0 Å². The number of hydrogen-bond acceptors (Lipinski definition) is 1. The summed E-state index contributed by atoms with van der Waals surface area (Å²) in [5, 5.41) is 8.64. The van der Waals surface area contributed by atoms with E-state index in [1.165, 1.54) is 130 Å². The normalized spacial score (nSPS) is 19.6. The molecule has 2 fully saturated rings. The molecule has 0 N–H and O–H groups in total.